The fourth-order valence-corrected chi connectivity index (χ4v) is 1.12. The van der Waals surface area contributed by atoms with Crippen LogP contribution < -0.4 is 5.56 Å². The first-order valence-electron chi connectivity index (χ1n) is 3.17. The fraction of sp³-hybridized carbons (Fsp3) is 0.143. The van der Waals surface area contributed by atoms with Gasteiger partial charge in [0.25, 0.3) is 6.43 Å². The lowest BCUT2D eigenvalue weighted by atomic mass is 10.2. The number of H-pyrrole nitrogens is 1. The molecule has 0 aliphatic heterocycles. The standard InChI is InChI=1S/C7H3ClF2N2O/c8-3-1-5(13)12-4(2-11)6(3)7(9)10/h1,7H,(H,12,13). The summed E-state index contributed by atoms with van der Waals surface area (Å²) in [6, 6.07) is 2.25. The highest BCUT2D eigenvalue weighted by molar-refractivity contribution is 6.31. The molecule has 0 amide bonds. The number of nitrogens with zero attached hydrogens (tertiary/aromatic N) is 1. The molecular weight excluding hydrogens is 202 g/mol. The van der Waals surface area contributed by atoms with Gasteiger partial charge in [-0.25, -0.2) is 8.78 Å². The van der Waals surface area contributed by atoms with Crippen molar-refractivity contribution in [3.63, 3.8) is 0 Å². The van der Waals surface area contributed by atoms with Crippen LogP contribution in [0.4, 0.5) is 8.78 Å². The molecule has 0 saturated carbocycles. The van der Waals surface area contributed by atoms with E-state index in [2.05, 4.69) is 0 Å². The molecule has 0 fully saturated rings. The lowest BCUT2D eigenvalue weighted by Crippen LogP contribution is -2.09. The minimum absolute atomic E-state index is 0.393. The Morgan fingerprint density at radius 3 is 2.69 bits per heavy atom. The molecule has 0 radical (unpaired) electrons. The van der Waals surface area contributed by atoms with E-state index in [1.165, 1.54) is 6.07 Å². The first-order valence-corrected chi connectivity index (χ1v) is 3.55. The highest BCUT2D eigenvalue weighted by Gasteiger charge is 2.18. The molecule has 0 aliphatic carbocycles. The van der Waals surface area contributed by atoms with Crippen LogP contribution in [0.3, 0.4) is 0 Å². The Bertz CT molecular complexity index is 421. The normalized spacial score (nSPS) is 10.1. The molecule has 1 N–H and O–H groups in total. The number of nitriles is 1. The number of pyridine rings is 1. The van der Waals surface area contributed by atoms with E-state index in [4.69, 9.17) is 16.9 Å². The Kier molecular flexibility index (Phi) is 2.63. The van der Waals surface area contributed by atoms with Crippen LogP contribution in [0.5, 0.6) is 0 Å². The maximum absolute atomic E-state index is 12.2. The van der Waals surface area contributed by atoms with Gasteiger partial charge in [0.2, 0.25) is 5.56 Å². The molecule has 6 heteroatoms. The van der Waals surface area contributed by atoms with E-state index >= 15 is 0 Å². The van der Waals surface area contributed by atoms with Gasteiger partial charge in [-0.3, -0.25) is 4.79 Å². The minimum Gasteiger partial charge on any atom is -0.313 e. The van der Waals surface area contributed by atoms with E-state index in [1.807, 2.05) is 4.98 Å². The number of hydrogen-bond donors (Lipinski definition) is 1. The molecule has 13 heavy (non-hydrogen) atoms. The molecule has 0 unspecified atom stereocenters. The molecule has 68 valence electrons. The fourth-order valence-electron chi connectivity index (χ4n) is 0.840. The highest BCUT2D eigenvalue weighted by Crippen LogP contribution is 2.27. The Balaban J connectivity index is 3.50. The van der Waals surface area contributed by atoms with E-state index in [1.54, 1.807) is 0 Å². The summed E-state index contributed by atoms with van der Waals surface area (Å²) in [5.41, 5.74) is -1.80. The van der Waals surface area contributed by atoms with E-state index in [0.29, 0.717) is 0 Å². The lowest BCUT2D eigenvalue weighted by Gasteiger charge is -2.03. The molecule has 1 aromatic heterocycles. The van der Waals surface area contributed by atoms with Gasteiger partial charge < -0.3 is 4.98 Å². The third-order valence-corrected chi connectivity index (χ3v) is 1.68. The van der Waals surface area contributed by atoms with Gasteiger partial charge in [-0.2, -0.15) is 5.26 Å². The Hall–Kier alpha value is -1.41. The van der Waals surface area contributed by atoms with E-state index in [-0.39, 0.29) is 0 Å². The molecule has 0 aromatic carbocycles. The van der Waals surface area contributed by atoms with Gasteiger partial charge in [-0.15, -0.1) is 0 Å². The van der Waals surface area contributed by atoms with Gasteiger partial charge in [-0.1, -0.05) is 11.6 Å². The average molecular weight is 205 g/mol. The van der Waals surface area contributed by atoms with Crippen LogP contribution in [-0.2, 0) is 0 Å². The third-order valence-electron chi connectivity index (χ3n) is 1.36. The summed E-state index contributed by atoms with van der Waals surface area (Å²) < 4.78 is 24.5. The smallest absolute Gasteiger partial charge is 0.268 e. The number of aromatic amines is 1. The number of hydrogen-bond acceptors (Lipinski definition) is 2. The van der Waals surface area contributed by atoms with Crippen molar-refractivity contribution in [3.8, 4) is 6.07 Å². The van der Waals surface area contributed by atoms with Crippen molar-refractivity contribution in [2.75, 3.05) is 0 Å². The molecule has 3 nitrogen and oxygen atoms in total. The van der Waals surface area contributed by atoms with Crippen molar-refractivity contribution >= 4 is 11.6 Å². The monoisotopic (exact) mass is 204 g/mol. The molecular formula is C7H3ClF2N2O. The molecule has 0 saturated heterocycles. The quantitative estimate of drug-likeness (QED) is 0.759. The Morgan fingerprint density at radius 2 is 2.23 bits per heavy atom. The first kappa shape index (κ1) is 9.68. The zero-order chi connectivity index (χ0) is 10.0. The number of nitrogens with one attached hydrogen (secondary N) is 1. The number of aromatic nitrogens is 1. The van der Waals surface area contributed by atoms with E-state index in [9.17, 15) is 13.6 Å². The minimum atomic E-state index is -2.88. The summed E-state index contributed by atoms with van der Waals surface area (Å²) in [4.78, 5) is 12.7. The summed E-state index contributed by atoms with van der Waals surface area (Å²) in [6.45, 7) is 0. The van der Waals surface area contributed by atoms with Crippen LogP contribution in [0.2, 0.25) is 5.02 Å². The van der Waals surface area contributed by atoms with Crippen LogP contribution in [0.25, 0.3) is 0 Å². The molecule has 1 heterocycles. The Labute approximate surface area is 76.6 Å². The van der Waals surface area contributed by atoms with Crippen molar-refractivity contribution < 1.29 is 8.78 Å². The zero-order valence-corrected chi connectivity index (χ0v) is 6.90. The summed E-state index contributed by atoms with van der Waals surface area (Å²) in [5.74, 6) is 0. The topological polar surface area (TPSA) is 56.6 Å². The van der Waals surface area contributed by atoms with Gasteiger partial charge >= 0.3 is 0 Å². The largest absolute Gasteiger partial charge is 0.313 e. The average Bonchev–Trinajstić information content (AvgIpc) is 2.01. The van der Waals surface area contributed by atoms with Crippen molar-refractivity contribution in [2.24, 2.45) is 0 Å². The van der Waals surface area contributed by atoms with Crippen molar-refractivity contribution in [3.05, 3.63) is 32.7 Å². The van der Waals surface area contributed by atoms with Gasteiger partial charge in [-0.05, 0) is 0 Å². The zero-order valence-electron chi connectivity index (χ0n) is 6.14. The first-order chi connectivity index (χ1) is 6.06. The predicted octanol–water partition coefficient (Wildman–Crippen LogP) is 1.84. The second-order valence-corrected chi connectivity index (χ2v) is 2.59. The van der Waals surface area contributed by atoms with E-state index in [0.717, 1.165) is 6.07 Å². The summed E-state index contributed by atoms with van der Waals surface area (Å²) in [7, 11) is 0. The molecule has 0 aliphatic rings. The summed E-state index contributed by atoms with van der Waals surface area (Å²) in [6.07, 6.45) is -2.88. The second kappa shape index (κ2) is 3.54. The SMILES string of the molecule is N#Cc1[nH]c(=O)cc(Cl)c1C(F)F. The highest BCUT2D eigenvalue weighted by atomic mass is 35.5. The van der Waals surface area contributed by atoms with Crippen LogP contribution in [-0.4, -0.2) is 4.98 Å². The maximum Gasteiger partial charge on any atom is 0.268 e. The van der Waals surface area contributed by atoms with Crippen LogP contribution in [0.1, 0.15) is 17.7 Å². The molecule has 1 rings (SSSR count). The van der Waals surface area contributed by atoms with Crippen molar-refractivity contribution in [2.45, 2.75) is 6.43 Å². The van der Waals surface area contributed by atoms with Gasteiger partial charge in [0.15, 0.2) is 0 Å². The van der Waals surface area contributed by atoms with Gasteiger partial charge in [0.1, 0.15) is 11.8 Å². The summed E-state index contributed by atoms with van der Waals surface area (Å²) >= 11 is 5.36. The maximum atomic E-state index is 12.2. The van der Waals surface area contributed by atoms with Gasteiger partial charge in [0, 0.05) is 6.07 Å². The molecule has 1 aromatic rings. The van der Waals surface area contributed by atoms with Crippen molar-refractivity contribution in [1.29, 1.82) is 5.26 Å². The third kappa shape index (κ3) is 1.84. The molecule has 0 spiro atoms. The van der Waals surface area contributed by atoms with Gasteiger partial charge in [0.05, 0.1) is 10.6 Å². The second-order valence-electron chi connectivity index (χ2n) is 2.18. The molecule has 0 bridgehead atoms. The number of alkyl halides is 2. The van der Waals surface area contributed by atoms with Crippen LogP contribution in [0.15, 0.2) is 10.9 Å². The Morgan fingerprint density at radius 1 is 1.62 bits per heavy atom. The predicted molar refractivity (Wildman–Crippen MR) is 41.7 cm³/mol. The van der Waals surface area contributed by atoms with Crippen molar-refractivity contribution in [1.82, 2.24) is 4.98 Å². The van der Waals surface area contributed by atoms with Crippen LogP contribution >= 0.6 is 11.6 Å². The molecule has 0 atom stereocenters. The number of halogens is 3. The van der Waals surface area contributed by atoms with Crippen LogP contribution in [0, 0.1) is 11.3 Å². The van der Waals surface area contributed by atoms with E-state index < -0.39 is 28.3 Å². The summed E-state index contributed by atoms with van der Waals surface area (Å²) in [5, 5.41) is 8.01. The number of rotatable bonds is 1. The lowest BCUT2D eigenvalue weighted by molar-refractivity contribution is 0.150.